The molecule has 2 aromatic rings. The van der Waals surface area contributed by atoms with Crippen molar-refractivity contribution < 1.29 is 0 Å². The highest BCUT2D eigenvalue weighted by molar-refractivity contribution is 5.72. The standard InChI is InChI=1S/C18H20N2/c1-3-17(19)15-11-7-5-9-13(15)14-10-6-8-12-16(14)18(20)4-2/h3-12,17-18H,1-2,19-20H2. The Kier molecular flexibility index (Phi) is 4.51. The second-order valence-electron chi connectivity index (χ2n) is 4.70. The summed E-state index contributed by atoms with van der Waals surface area (Å²) < 4.78 is 0. The van der Waals surface area contributed by atoms with Crippen LogP contribution in [0.3, 0.4) is 0 Å². The number of nitrogens with two attached hydrogens (primary N) is 2. The number of rotatable bonds is 5. The fourth-order valence-electron chi connectivity index (χ4n) is 2.32. The van der Waals surface area contributed by atoms with Crippen LogP contribution in [0.15, 0.2) is 73.8 Å². The largest absolute Gasteiger partial charge is 0.321 e. The molecule has 0 aromatic heterocycles. The van der Waals surface area contributed by atoms with Crippen molar-refractivity contribution >= 4 is 0 Å². The summed E-state index contributed by atoms with van der Waals surface area (Å²) in [5.74, 6) is 0. The predicted octanol–water partition coefficient (Wildman–Crippen LogP) is 3.73. The van der Waals surface area contributed by atoms with Crippen LogP contribution < -0.4 is 11.5 Å². The summed E-state index contributed by atoms with van der Waals surface area (Å²) in [7, 11) is 0. The van der Waals surface area contributed by atoms with Gasteiger partial charge in [0.2, 0.25) is 0 Å². The molecule has 0 aliphatic carbocycles. The first kappa shape index (κ1) is 14.3. The van der Waals surface area contributed by atoms with Crippen LogP contribution in [0.25, 0.3) is 11.1 Å². The van der Waals surface area contributed by atoms with Gasteiger partial charge in [0, 0.05) is 12.1 Å². The van der Waals surface area contributed by atoms with Crippen molar-refractivity contribution in [3.8, 4) is 11.1 Å². The molecule has 0 fully saturated rings. The smallest absolute Gasteiger partial charge is 0.0484 e. The van der Waals surface area contributed by atoms with E-state index in [0.717, 1.165) is 22.3 Å². The van der Waals surface area contributed by atoms with Gasteiger partial charge in [-0.2, -0.15) is 0 Å². The maximum atomic E-state index is 6.12. The lowest BCUT2D eigenvalue weighted by atomic mass is 9.90. The van der Waals surface area contributed by atoms with E-state index in [2.05, 4.69) is 25.3 Å². The molecule has 0 radical (unpaired) electrons. The van der Waals surface area contributed by atoms with Gasteiger partial charge in [-0.1, -0.05) is 60.7 Å². The molecular formula is C18H20N2. The monoisotopic (exact) mass is 264 g/mol. The first-order chi connectivity index (χ1) is 9.69. The zero-order valence-electron chi connectivity index (χ0n) is 11.5. The highest BCUT2D eigenvalue weighted by atomic mass is 14.6. The molecule has 0 spiro atoms. The Morgan fingerprint density at radius 2 is 1.05 bits per heavy atom. The third-order valence-electron chi connectivity index (χ3n) is 3.44. The van der Waals surface area contributed by atoms with Crippen molar-refractivity contribution in [1.82, 2.24) is 0 Å². The maximum absolute atomic E-state index is 6.12. The van der Waals surface area contributed by atoms with E-state index in [1.54, 1.807) is 12.2 Å². The number of hydrogen-bond donors (Lipinski definition) is 2. The Labute approximate surface area is 120 Å². The van der Waals surface area contributed by atoms with E-state index in [-0.39, 0.29) is 12.1 Å². The molecule has 0 aliphatic heterocycles. The molecule has 2 rings (SSSR count). The first-order valence-corrected chi connectivity index (χ1v) is 6.63. The summed E-state index contributed by atoms with van der Waals surface area (Å²) in [4.78, 5) is 0. The van der Waals surface area contributed by atoms with Gasteiger partial charge in [0.1, 0.15) is 0 Å². The van der Waals surface area contributed by atoms with Gasteiger partial charge in [-0.3, -0.25) is 0 Å². The van der Waals surface area contributed by atoms with Crippen LogP contribution in [0.2, 0.25) is 0 Å². The molecule has 2 nitrogen and oxygen atoms in total. The maximum Gasteiger partial charge on any atom is 0.0484 e. The van der Waals surface area contributed by atoms with E-state index < -0.39 is 0 Å². The topological polar surface area (TPSA) is 52.0 Å². The van der Waals surface area contributed by atoms with Gasteiger partial charge < -0.3 is 11.5 Å². The van der Waals surface area contributed by atoms with E-state index in [1.807, 2.05) is 36.4 Å². The first-order valence-electron chi connectivity index (χ1n) is 6.63. The zero-order chi connectivity index (χ0) is 14.5. The van der Waals surface area contributed by atoms with Gasteiger partial charge in [0.25, 0.3) is 0 Å². The third-order valence-corrected chi connectivity index (χ3v) is 3.44. The molecule has 0 saturated carbocycles. The van der Waals surface area contributed by atoms with Gasteiger partial charge in [0.15, 0.2) is 0 Å². The van der Waals surface area contributed by atoms with Crippen molar-refractivity contribution in [2.24, 2.45) is 11.5 Å². The molecule has 2 unspecified atom stereocenters. The fourth-order valence-corrected chi connectivity index (χ4v) is 2.32. The van der Waals surface area contributed by atoms with Crippen molar-refractivity contribution in [1.29, 1.82) is 0 Å². The second-order valence-corrected chi connectivity index (χ2v) is 4.70. The molecule has 0 aliphatic rings. The van der Waals surface area contributed by atoms with Gasteiger partial charge in [0.05, 0.1) is 0 Å². The summed E-state index contributed by atoms with van der Waals surface area (Å²) in [5, 5.41) is 0. The normalized spacial score (nSPS) is 13.5. The van der Waals surface area contributed by atoms with Crippen LogP contribution in [-0.4, -0.2) is 0 Å². The number of benzene rings is 2. The van der Waals surface area contributed by atoms with Crippen LogP contribution in [-0.2, 0) is 0 Å². The summed E-state index contributed by atoms with van der Waals surface area (Å²) in [6.07, 6.45) is 3.49. The van der Waals surface area contributed by atoms with E-state index in [0.29, 0.717) is 0 Å². The second kappa shape index (κ2) is 6.33. The van der Waals surface area contributed by atoms with Crippen LogP contribution in [0, 0.1) is 0 Å². The minimum absolute atomic E-state index is 0.195. The van der Waals surface area contributed by atoms with Gasteiger partial charge in [-0.05, 0) is 22.3 Å². The van der Waals surface area contributed by atoms with Crippen molar-refractivity contribution in [3.63, 3.8) is 0 Å². The van der Waals surface area contributed by atoms with Crippen molar-refractivity contribution in [2.75, 3.05) is 0 Å². The molecule has 0 saturated heterocycles. The Bertz CT molecular complexity index is 561. The molecule has 20 heavy (non-hydrogen) atoms. The van der Waals surface area contributed by atoms with E-state index in [9.17, 15) is 0 Å². The molecule has 0 amide bonds. The van der Waals surface area contributed by atoms with E-state index in [1.165, 1.54) is 0 Å². The Balaban J connectivity index is 2.63. The number of hydrogen-bond acceptors (Lipinski definition) is 2. The zero-order valence-corrected chi connectivity index (χ0v) is 11.5. The van der Waals surface area contributed by atoms with Gasteiger partial charge in [-0.15, -0.1) is 13.2 Å². The summed E-state index contributed by atoms with van der Waals surface area (Å²) in [6, 6.07) is 15.8. The minimum atomic E-state index is -0.195. The molecule has 102 valence electrons. The molecule has 4 N–H and O–H groups in total. The van der Waals surface area contributed by atoms with Crippen LogP contribution >= 0.6 is 0 Å². The van der Waals surface area contributed by atoms with Crippen LogP contribution in [0.5, 0.6) is 0 Å². The third kappa shape index (κ3) is 2.72. The van der Waals surface area contributed by atoms with E-state index in [4.69, 9.17) is 11.5 Å². The molecule has 2 aromatic carbocycles. The molecule has 2 heteroatoms. The van der Waals surface area contributed by atoms with Gasteiger partial charge >= 0.3 is 0 Å². The lowest BCUT2D eigenvalue weighted by Gasteiger charge is -2.18. The lowest BCUT2D eigenvalue weighted by Crippen LogP contribution is -2.11. The molecule has 2 atom stereocenters. The van der Waals surface area contributed by atoms with Crippen molar-refractivity contribution in [3.05, 3.63) is 85.0 Å². The molecule has 0 bridgehead atoms. The summed E-state index contributed by atoms with van der Waals surface area (Å²) in [6.45, 7) is 7.56. The Morgan fingerprint density at radius 1 is 0.700 bits per heavy atom. The lowest BCUT2D eigenvalue weighted by molar-refractivity contribution is 0.903. The predicted molar refractivity (Wildman–Crippen MR) is 86.1 cm³/mol. The van der Waals surface area contributed by atoms with Gasteiger partial charge in [-0.25, -0.2) is 0 Å². The quantitative estimate of drug-likeness (QED) is 0.808. The minimum Gasteiger partial charge on any atom is -0.321 e. The average Bonchev–Trinajstić information content (AvgIpc) is 2.53. The van der Waals surface area contributed by atoms with Crippen LogP contribution in [0.1, 0.15) is 23.2 Å². The van der Waals surface area contributed by atoms with Crippen molar-refractivity contribution in [2.45, 2.75) is 12.1 Å². The SMILES string of the molecule is C=CC(N)c1ccccc1-c1ccccc1C(N)C=C. The molecular weight excluding hydrogens is 244 g/mol. The fraction of sp³-hybridized carbons (Fsp3) is 0.111. The van der Waals surface area contributed by atoms with E-state index >= 15 is 0 Å². The highest BCUT2D eigenvalue weighted by Crippen LogP contribution is 2.32. The Hall–Kier alpha value is -2.16. The average molecular weight is 264 g/mol. The summed E-state index contributed by atoms with van der Waals surface area (Å²) >= 11 is 0. The highest BCUT2D eigenvalue weighted by Gasteiger charge is 2.14. The summed E-state index contributed by atoms with van der Waals surface area (Å²) in [5.41, 5.74) is 16.5. The van der Waals surface area contributed by atoms with Crippen LogP contribution in [0.4, 0.5) is 0 Å². The Morgan fingerprint density at radius 3 is 1.40 bits per heavy atom. The molecule has 0 heterocycles.